The molecule has 0 bridgehead atoms. The van der Waals surface area contributed by atoms with Gasteiger partial charge in [0.05, 0.1) is 6.61 Å². The molecule has 0 saturated carbocycles. The number of aromatic carboxylic acids is 1. The Morgan fingerprint density at radius 3 is 2.50 bits per heavy atom. The lowest BCUT2D eigenvalue weighted by molar-refractivity contribution is 0.0694. The Morgan fingerprint density at radius 1 is 1.15 bits per heavy atom. The van der Waals surface area contributed by atoms with Crippen molar-refractivity contribution in [1.82, 2.24) is 0 Å². The Balaban J connectivity index is 2.39. The first-order chi connectivity index (χ1) is 9.61. The summed E-state index contributed by atoms with van der Waals surface area (Å²) in [6, 6.07) is 11.9. The molecule has 0 amide bonds. The molecule has 104 valence electrons. The minimum Gasteiger partial charge on any atom is -0.490 e. The highest BCUT2D eigenvalue weighted by Gasteiger charge is 2.14. The molecule has 0 unspecified atom stereocenters. The standard InChI is InChI=1S/C15H13BrO4/c1-2-19-12-5-3-4-6-13(12)20-14-9-10(16)7-8-11(14)15(17)18/h3-9H,2H2,1H3,(H,17,18). The van der Waals surface area contributed by atoms with Crippen LogP contribution >= 0.6 is 15.9 Å². The van der Waals surface area contributed by atoms with Crippen LogP contribution in [0.5, 0.6) is 17.2 Å². The zero-order valence-corrected chi connectivity index (χ0v) is 12.4. The molecule has 0 atom stereocenters. The molecule has 5 heteroatoms. The fourth-order valence-corrected chi connectivity index (χ4v) is 2.03. The van der Waals surface area contributed by atoms with Crippen molar-refractivity contribution in [3.05, 3.63) is 52.5 Å². The third kappa shape index (κ3) is 3.30. The molecule has 1 N–H and O–H groups in total. The van der Waals surface area contributed by atoms with Crippen LogP contribution in [0.1, 0.15) is 17.3 Å². The van der Waals surface area contributed by atoms with Crippen LogP contribution in [-0.2, 0) is 0 Å². The molecule has 0 spiro atoms. The largest absolute Gasteiger partial charge is 0.490 e. The Kier molecular flexibility index (Phi) is 4.63. The second kappa shape index (κ2) is 6.43. The van der Waals surface area contributed by atoms with Gasteiger partial charge in [0.15, 0.2) is 11.5 Å². The Hall–Kier alpha value is -2.01. The van der Waals surface area contributed by atoms with Gasteiger partial charge in [0.2, 0.25) is 0 Å². The number of para-hydroxylation sites is 2. The summed E-state index contributed by atoms with van der Waals surface area (Å²) in [7, 11) is 0. The minimum atomic E-state index is -1.04. The number of halogens is 1. The maximum atomic E-state index is 11.2. The molecule has 0 heterocycles. The van der Waals surface area contributed by atoms with E-state index in [1.54, 1.807) is 30.3 Å². The number of hydrogen-bond donors (Lipinski definition) is 1. The van der Waals surface area contributed by atoms with Crippen LogP contribution in [0.2, 0.25) is 0 Å². The highest BCUT2D eigenvalue weighted by molar-refractivity contribution is 9.10. The van der Waals surface area contributed by atoms with Crippen molar-refractivity contribution in [3.63, 3.8) is 0 Å². The fraction of sp³-hybridized carbons (Fsp3) is 0.133. The molecule has 0 aromatic heterocycles. The molecule has 20 heavy (non-hydrogen) atoms. The smallest absolute Gasteiger partial charge is 0.339 e. The summed E-state index contributed by atoms with van der Waals surface area (Å²) in [5.41, 5.74) is 0.0968. The first-order valence-electron chi connectivity index (χ1n) is 6.04. The van der Waals surface area contributed by atoms with Crippen molar-refractivity contribution in [2.24, 2.45) is 0 Å². The van der Waals surface area contributed by atoms with Crippen LogP contribution in [0.15, 0.2) is 46.9 Å². The van der Waals surface area contributed by atoms with E-state index in [1.807, 2.05) is 13.0 Å². The number of ether oxygens (including phenoxy) is 2. The number of benzene rings is 2. The molecule has 0 fully saturated rings. The molecule has 2 aromatic carbocycles. The van der Waals surface area contributed by atoms with Crippen molar-refractivity contribution in [2.45, 2.75) is 6.92 Å². The van der Waals surface area contributed by atoms with Crippen LogP contribution in [-0.4, -0.2) is 17.7 Å². The zero-order chi connectivity index (χ0) is 14.5. The van der Waals surface area contributed by atoms with Crippen LogP contribution in [0.25, 0.3) is 0 Å². The van der Waals surface area contributed by atoms with Gasteiger partial charge in [0.25, 0.3) is 0 Å². The van der Waals surface area contributed by atoms with Crippen molar-refractivity contribution in [1.29, 1.82) is 0 Å². The van der Waals surface area contributed by atoms with E-state index in [1.165, 1.54) is 6.07 Å². The zero-order valence-electron chi connectivity index (χ0n) is 10.8. The van der Waals surface area contributed by atoms with Gasteiger partial charge < -0.3 is 14.6 Å². The Bertz CT molecular complexity index is 625. The molecule has 0 aliphatic carbocycles. The maximum Gasteiger partial charge on any atom is 0.339 e. The van der Waals surface area contributed by atoms with E-state index < -0.39 is 5.97 Å². The number of carboxylic acid groups (broad SMARTS) is 1. The Morgan fingerprint density at radius 2 is 1.85 bits per heavy atom. The summed E-state index contributed by atoms with van der Waals surface area (Å²) in [5.74, 6) is 0.279. The average Bonchev–Trinajstić information content (AvgIpc) is 2.41. The SMILES string of the molecule is CCOc1ccccc1Oc1cc(Br)ccc1C(=O)O. The van der Waals surface area contributed by atoms with Crippen LogP contribution in [0.3, 0.4) is 0 Å². The van der Waals surface area contributed by atoms with Crippen LogP contribution in [0.4, 0.5) is 0 Å². The van der Waals surface area contributed by atoms with Gasteiger partial charge in [-0.25, -0.2) is 4.79 Å². The van der Waals surface area contributed by atoms with Gasteiger partial charge in [0, 0.05) is 4.47 Å². The molecule has 4 nitrogen and oxygen atoms in total. The van der Waals surface area contributed by atoms with Gasteiger partial charge in [-0.15, -0.1) is 0 Å². The fourth-order valence-electron chi connectivity index (χ4n) is 1.68. The lowest BCUT2D eigenvalue weighted by atomic mass is 10.2. The first-order valence-corrected chi connectivity index (χ1v) is 6.83. The van der Waals surface area contributed by atoms with Gasteiger partial charge in [0.1, 0.15) is 11.3 Å². The first kappa shape index (κ1) is 14.4. The van der Waals surface area contributed by atoms with E-state index in [-0.39, 0.29) is 11.3 Å². The van der Waals surface area contributed by atoms with E-state index in [0.717, 1.165) is 4.47 Å². The third-order valence-corrected chi connectivity index (χ3v) is 3.04. The molecule has 2 rings (SSSR count). The van der Waals surface area contributed by atoms with E-state index in [2.05, 4.69) is 15.9 Å². The van der Waals surface area contributed by atoms with Gasteiger partial charge in [-0.2, -0.15) is 0 Å². The summed E-state index contributed by atoms with van der Waals surface area (Å²) in [6.45, 7) is 2.38. The predicted molar refractivity (Wildman–Crippen MR) is 78.8 cm³/mol. The summed E-state index contributed by atoms with van der Waals surface area (Å²) >= 11 is 3.30. The van der Waals surface area contributed by atoms with Gasteiger partial charge in [-0.1, -0.05) is 28.1 Å². The van der Waals surface area contributed by atoms with E-state index in [0.29, 0.717) is 18.1 Å². The van der Waals surface area contributed by atoms with Crippen molar-refractivity contribution < 1.29 is 19.4 Å². The molecule has 0 radical (unpaired) electrons. The van der Waals surface area contributed by atoms with Crippen molar-refractivity contribution in [3.8, 4) is 17.2 Å². The second-order valence-electron chi connectivity index (χ2n) is 3.93. The molecular formula is C15H13BrO4. The summed E-state index contributed by atoms with van der Waals surface area (Å²) in [5, 5.41) is 9.18. The third-order valence-electron chi connectivity index (χ3n) is 2.54. The molecule has 0 aliphatic heterocycles. The quantitative estimate of drug-likeness (QED) is 0.882. The van der Waals surface area contributed by atoms with Gasteiger partial charge >= 0.3 is 5.97 Å². The predicted octanol–water partition coefficient (Wildman–Crippen LogP) is 4.34. The van der Waals surface area contributed by atoms with Crippen molar-refractivity contribution >= 4 is 21.9 Å². The molecular weight excluding hydrogens is 324 g/mol. The average molecular weight is 337 g/mol. The second-order valence-corrected chi connectivity index (χ2v) is 4.84. The number of rotatable bonds is 5. The van der Waals surface area contributed by atoms with E-state index in [4.69, 9.17) is 9.47 Å². The van der Waals surface area contributed by atoms with Gasteiger partial charge in [-0.05, 0) is 37.3 Å². The monoisotopic (exact) mass is 336 g/mol. The molecule has 2 aromatic rings. The van der Waals surface area contributed by atoms with Crippen LogP contribution in [0, 0.1) is 0 Å². The summed E-state index contributed by atoms with van der Waals surface area (Å²) in [6.07, 6.45) is 0. The number of carboxylic acids is 1. The molecule has 0 saturated heterocycles. The number of carbonyl (C=O) groups is 1. The van der Waals surface area contributed by atoms with Crippen LogP contribution < -0.4 is 9.47 Å². The number of hydrogen-bond acceptors (Lipinski definition) is 3. The normalized spacial score (nSPS) is 10.1. The lowest BCUT2D eigenvalue weighted by Gasteiger charge is -2.13. The van der Waals surface area contributed by atoms with E-state index >= 15 is 0 Å². The van der Waals surface area contributed by atoms with Crippen molar-refractivity contribution in [2.75, 3.05) is 6.61 Å². The summed E-state index contributed by atoms with van der Waals surface area (Å²) in [4.78, 5) is 11.2. The maximum absolute atomic E-state index is 11.2. The Labute approximate surface area is 125 Å². The highest BCUT2D eigenvalue weighted by Crippen LogP contribution is 2.34. The van der Waals surface area contributed by atoms with Gasteiger partial charge in [-0.3, -0.25) is 0 Å². The lowest BCUT2D eigenvalue weighted by Crippen LogP contribution is -2.01. The van der Waals surface area contributed by atoms with E-state index in [9.17, 15) is 9.90 Å². The highest BCUT2D eigenvalue weighted by atomic mass is 79.9. The minimum absolute atomic E-state index is 0.0968. The topological polar surface area (TPSA) is 55.8 Å². The summed E-state index contributed by atoms with van der Waals surface area (Å²) < 4.78 is 11.9. The molecule has 0 aliphatic rings.